The van der Waals surface area contributed by atoms with Gasteiger partial charge in [-0.25, -0.2) is 9.78 Å². The topological polar surface area (TPSA) is 61.4 Å². The molecular formula is C12H17N5O. The van der Waals surface area contributed by atoms with Crippen LogP contribution < -0.4 is 10.2 Å². The van der Waals surface area contributed by atoms with Gasteiger partial charge in [0.2, 0.25) is 0 Å². The molecule has 18 heavy (non-hydrogen) atoms. The van der Waals surface area contributed by atoms with Gasteiger partial charge >= 0.3 is 6.03 Å². The van der Waals surface area contributed by atoms with E-state index in [1.165, 1.54) is 0 Å². The fourth-order valence-corrected chi connectivity index (χ4v) is 1.86. The summed E-state index contributed by atoms with van der Waals surface area (Å²) in [6.07, 6.45) is 6.75. The number of hydrogen-bond acceptors (Lipinski definition) is 4. The highest BCUT2D eigenvalue weighted by molar-refractivity contribution is 5.74. The van der Waals surface area contributed by atoms with Crippen LogP contribution in [0.25, 0.3) is 0 Å². The number of nitrogens with one attached hydrogen (secondary N) is 1. The Hall–Kier alpha value is -2.11. The fraction of sp³-hybridized carbons (Fsp3) is 0.417. The van der Waals surface area contributed by atoms with Crippen LogP contribution in [0.5, 0.6) is 0 Å². The molecule has 0 spiro atoms. The molecule has 0 aromatic carbocycles. The summed E-state index contributed by atoms with van der Waals surface area (Å²) in [5.41, 5.74) is 0. The Bertz CT molecular complexity index is 400. The zero-order valence-electron chi connectivity index (χ0n) is 10.2. The SMILES string of the molecule is C=CCNC(=O)N1CCN(c2cnccn2)CC1. The molecule has 0 unspecified atom stereocenters. The van der Waals surface area contributed by atoms with Crippen molar-refractivity contribution in [1.29, 1.82) is 0 Å². The first kappa shape index (κ1) is 12.3. The van der Waals surface area contributed by atoms with Crippen molar-refractivity contribution in [3.63, 3.8) is 0 Å². The monoisotopic (exact) mass is 247 g/mol. The Balaban J connectivity index is 1.84. The van der Waals surface area contributed by atoms with Crippen LogP contribution >= 0.6 is 0 Å². The van der Waals surface area contributed by atoms with E-state index in [1.807, 2.05) is 0 Å². The molecule has 1 aromatic heterocycles. The van der Waals surface area contributed by atoms with Crippen LogP contribution in [-0.4, -0.2) is 53.6 Å². The highest BCUT2D eigenvalue weighted by atomic mass is 16.2. The minimum atomic E-state index is -0.0336. The highest BCUT2D eigenvalue weighted by Crippen LogP contribution is 2.11. The van der Waals surface area contributed by atoms with Gasteiger partial charge in [0.25, 0.3) is 0 Å². The number of hydrogen-bond donors (Lipinski definition) is 1. The summed E-state index contributed by atoms with van der Waals surface area (Å²) in [6, 6.07) is -0.0336. The number of piperazine rings is 1. The maximum Gasteiger partial charge on any atom is 0.317 e. The second-order valence-corrected chi connectivity index (χ2v) is 4.01. The number of carbonyl (C=O) groups excluding carboxylic acids is 1. The third-order valence-corrected chi connectivity index (χ3v) is 2.84. The van der Waals surface area contributed by atoms with E-state index >= 15 is 0 Å². The van der Waals surface area contributed by atoms with Gasteiger partial charge in [-0.05, 0) is 0 Å². The van der Waals surface area contributed by atoms with Crippen LogP contribution in [0.4, 0.5) is 10.6 Å². The Labute approximate surface area is 106 Å². The molecule has 2 rings (SSSR count). The molecule has 0 aliphatic carbocycles. The van der Waals surface area contributed by atoms with Gasteiger partial charge in [0.05, 0.1) is 6.20 Å². The van der Waals surface area contributed by atoms with Gasteiger partial charge in [0.15, 0.2) is 0 Å². The van der Waals surface area contributed by atoms with Crippen LogP contribution in [0.1, 0.15) is 0 Å². The van der Waals surface area contributed by atoms with Gasteiger partial charge in [0.1, 0.15) is 5.82 Å². The van der Waals surface area contributed by atoms with Crippen LogP contribution in [-0.2, 0) is 0 Å². The smallest absolute Gasteiger partial charge is 0.317 e. The molecule has 0 bridgehead atoms. The van der Waals surface area contributed by atoms with Crippen LogP contribution in [0.3, 0.4) is 0 Å². The first-order chi connectivity index (χ1) is 8.81. The van der Waals surface area contributed by atoms with E-state index in [9.17, 15) is 4.79 Å². The number of anilines is 1. The summed E-state index contributed by atoms with van der Waals surface area (Å²) >= 11 is 0. The van der Waals surface area contributed by atoms with Crippen molar-refractivity contribution < 1.29 is 4.79 Å². The lowest BCUT2D eigenvalue weighted by Gasteiger charge is -2.35. The predicted octanol–water partition coefficient (Wildman–Crippen LogP) is 0.494. The average molecular weight is 247 g/mol. The normalized spacial score (nSPS) is 15.3. The Kier molecular flexibility index (Phi) is 4.11. The zero-order chi connectivity index (χ0) is 12.8. The third-order valence-electron chi connectivity index (χ3n) is 2.84. The molecule has 6 heteroatoms. The van der Waals surface area contributed by atoms with Gasteiger partial charge in [-0.3, -0.25) is 4.98 Å². The molecule has 1 saturated heterocycles. The zero-order valence-corrected chi connectivity index (χ0v) is 10.2. The van der Waals surface area contributed by atoms with Crippen molar-refractivity contribution in [3.05, 3.63) is 31.2 Å². The predicted molar refractivity (Wildman–Crippen MR) is 69.4 cm³/mol. The molecule has 0 radical (unpaired) electrons. The van der Waals surface area contributed by atoms with Gasteiger partial charge in [-0.15, -0.1) is 6.58 Å². The molecule has 1 aliphatic rings. The molecule has 2 heterocycles. The quantitative estimate of drug-likeness (QED) is 0.790. The second-order valence-electron chi connectivity index (χ2n) is 4.01. The Morgan fingerprint density at radius 3 is 2.78 bits per heavy atom. The first-order valence-electron chi connectivity index (χ1n) is 5.96. The molecule has 0 saturated carbocycles. The van der Waals surface area contributed by atoms with Crippen LogP contribution in [0, 0.1) is 0 Å². The molecule has 96 valence electrons. The van der Waals surface area contributed by atoms with Crippen molar-refractivity contribution in [1.82, 2.24) is 20.2 Å². The summed E-state index contributed by atoms with van der Waals surface area (Å²) in [4.78, 5) is 24.0. The number of nitrogens with zero attached hydrogens (tertiary/aromatic N) is 4. The van der Waals surface area contributed by atoms with E-state index < -0.39 is 0 Å². The minimum Gasteiger partial charge on any atom is -0.352 e. The van der Waals surface area contributed by atoms with Crippen molar-refractivity contribution in [3.8, 4) is 0 Å². The molecule has 1 aliphatic heterocycles. The molecule has 1 aromatic rings. The minimum absolute atomic E-state index is 0.0336. The molecule has 1 fully saturated rings. The molecule has 0 atom stereocenters. The first-order valence-corrected chi connectivity index (χ1v) is 5.96. The van der Waals surface area contributed by atoms with E-state index in [0.29, 0.717) is 19.6 Å². The Morgan fingerprint density at radius 2 is 2.17 bits per heavy atom. The third kappa shape index (κ3) is 2.97. The van der Waals surface area contributed by atoms with Gasteiger partial charge < -0.3 is 15.1 Å². The van der Waals surface area contributed by atoms with Crippen molar-refractivity contribution >= 4 is 11.8 Å². The van der Waals surface area contributed by atoms with E-state index in [0.717, 1.165) is 18.9 Å². The number of urea groups is 1. The summed E-state index contributed by atoms with van der Waals surface area (Å²) in [7, 11) is 0. The summed E-state index contributed by atoms with van der Waals surface area (Å²) in [5.74, 6) is 0.864. The summed E-state index contributed by atoms with van der Waals surface area (Å²) < 4.78 is 0. The van der Waals surface area contributed by atoms with Crippen LogP contribution in [0.15, 0.2) is 31.2 Å². The van der Waals surface area contributed by atoms with E-state index in [-0.39, 0.29) is 6.03 Å². The highest BCUT2D eigenvalue weighted by Gasteiger charge is 2.21. The standard InChI is InChI=1S/C12H17N5O/c1-2-3-15-12(18)17-8-6-16(7-9-17)11-10-13-4-5-14-11/h2,4-5,10H,1,3,6-9H2,(H,15,18). The average Bonchev–Trinajstić information content (AvgIpc) is 2.46. The van der Waals surface area contributed by atoms with Crippen LogP contribution in [0.2, 0.25) is 0 Å². The second kappa shape index (κ2) is 6.00. The number of amides is 2. The number of carbonyl (C=O) groups is 1. The lowest BCUT2D eigenvalue weighted by Crippen LogP contribution is -2.52. The number of rotatable bonds is 3. The maximum atomic E-state index is 11.7. The van der Waals surface area contributed by atoms with Gasteiger partial charge in [0, 0.05) is 45.1 Å². The van der Waals surface area contributed by atoms with Crippen molar-refractivity contribution in [2.75, 3.05) is 37.6 Å². The van der Waals surface area contributed by atoms with E-state index in [4.69, 9.17) is 0 Å². The van der Waals surface area contributed by atoms with Gasteiger partial charge in [-0.1, -0.05) is 6.08 Å². The molecule has 1 N–H and O–H groups in total. The molecule has 6 nitrogen and oxygen atoms in total. The largest absolute Gasteiger partial charge is 0.352 e. The number of aromatic nitrogens is 2. The lowest BCUT2D eigenvalue weighted by atomic mass is 10.3. The van der Waals surface area contributed by atoms with Crippen molar-refractivity contribution in [2.24, 2.45) is 0 Å². The van der Waals surface area contributed by atoms with Crippen molar-refractivity contribution in [2.45, 2.75) is 0 Å². The maximum absolute atomic E-state index is 11.7. The lowest BCUT2D eigenvalue weighted by molar-refractivity contribution is 0.195. The summed E-state index contributed by atoms with van der Waals surface area (Å²) in [6.45, 7) is 7.02. The van der Waals surface area contributed by atoms with E-state index in [1.54, 1.807) is 29.6 Å². The molecule has 2 amide bonds. The molecular weight excluding hydrogens is 230 g/mol. The fourth-order valence-electron chi connectivity index (χ4n) is 1.86. The Morgan fingerprint density at radius 1 is 1.39 bits per heavy atom. The summed E-state index contributed by atoms with van der Waals surface area (Å²) in [5, 5.41) is 2.78. The van der Waals surface area contributed by atoms with E-state index in [2.05, 4.69) is 26.8 Å². The van der Waals surface area contributed by atoms with Gasteiger partial charge in [-0.2, -0.15) is 0 Å².